The summed E-state index contributed by atoms with van der Waals surface area (Å²) in [7, 11) is 0. The lowest BCUT2D eigenvalue weighted by atomic mass is 9.75. The second-order valence-electron chi connectivity index (χ2n) is 4.48. The van der Waals surface area contributed by atoms with Gasteiger partial charge in [0.25, 0.3) is 0 Å². The minimum atomic E-state index is 0.194. The molecule has 2 heteroatoms. The van der Waals surface area contributed by atoms with Crippen LogP contribution in [0.2, 0.25) is 0 Å². The van der Waals surface area contributed by atoms with Crippen molar-refractivity contribution >= 4 is 6.08 Å². The Bertz CT molecular complexity index is 417. The molecule has 1 aliphatic heterocycles. The summed E-state index contributed by atoms with van der Waals surface area (Å²) in [5.74, 6) is 0.416. The normalized spacial score (nSPS) is 21.9. The van der Waals surface area contributed by atoms with Gasteiger partial charge in [0.15, 0.2) is 0 Å². The van der Waals surface area contributed by atoms with Crippen LogP contribution in [0, 0.1) is 0 Å². The Labute approximate surface area is 89.6 Å². The van der Waals surface area contributed by atoms with Gasteiger partial charge in [0.05, 0.1) is 0 Å². The van der Waals surface area contributed by atoms with Crippen molar-refractivity contribution in [3.63, 3.8) is 0 Å². The minimum Gasteiger partial charge on any atom is -0.507 e. The number of phenols is 1. The number of hydrogen-bond donors (Lipinski definition) is 2. The fourth-order valence-corrected chi connectivity index (χ4v) is 2.80. The molecule has 1 heterocycles. The highest BCUT2D eigenvalue weighted by molar-refractivity contribution is 5.70. The summed E-state index contributed by atoms with van der Waals surface area (Å²) in [4.78, 5) is 0. The van der Waals surface area contributed by atoms with E-state index in [0.717, 1.165) is 31.5 Å². The Hall–Kier alpha value is -1.28. The number of phenolic OH excluding ortho intramolecular Hbond substituents is 1. The number of hydrogen-bond acceptors (Lipinski definition) is 2. The van der Waals surface area contributed by atoms with Gasteiger partial charge < -0.3 is 10.4 Å². The van der Waals surface area contributed by atoms with E-state index in [1.54, 1.807) is 6.07 Å². The lowest BCUT2D eigenvalue weighted by Gasteiger charge is -2.33. The van der Waals surface area contributed by atoms with Crippen molar-refractivity contribution in [1.29, 1.82) is 0 Å². The third kappa shape index (κ3) is 1.21. The van der Waals surface area contributed by atoms with Crippen LogP contribution >= 0.6 is 0 Å². The van der Waals surface area contributed by atoms with Crippen LogP contribution in [0.4, 0.5) is 0 Å². The molecule has 0 aromatic heterocycles. The zero-order valence-electron chi connectivity index (χ0n) is 8.66. The van der Waals surface area contributed by atoms with Gasteiger partial charge >= 0.3 is 0 Å². The smallest absolute Gasteiger partial charge is 0.123 e. The van der Waals surface area contributed by atoms with Gasteiger partial charge in [-0.05, 0) is 37.6 Å². The molecule has 3 rings (SSSR count). The number of benzene rings is 1. The summed E-state index contributed by atoms with van der Waals surface area (Å²) >= 11 is 0. The highest BCUT2D eigenvalue weighted by atomic mass is 16.3. The topological polar surface area (TPSA) is 32.3 Å². The SMILES string of the molecule is Oc1cccc2c1C=CC21CCNCC1. The Morgan fingerprint density at radius 3 is 2.80 bits per heavy atom. The first-order valence-electron chi connectivity index (χ1n) is 5.54. The molecule has 1 aromatic carbocycles. The maximum atomic E-state index is 9.78. The first-order valence-corrected chi connectivity index (χ1v) is 5.54. The molecule has 2 aliphatic rings. The third-order valence-electron chi connectivity index (χ3n) is 3.68. The van der Waals surface area contributed by atoms with E-state index in [9.17, 15) is 5.11 Å². The van der Waals surface area contributed by atoms with E-state index in [1.165, 1.54) is 5.56 Å². The van der Waals surface area contributed by atoms with Crippen LogP contribution in [-0.4, -0.2) is 18.2 Å². The molecule has 1 fully saturated rings. The number of piperidine rings is 1. The highest BCUT2D eigenvalue weighted by Crippen LogP contribution is 2.44. The molecule has 2 nitrogen and oxygen atoms in total. The summed E-state index contributed by atoms with van der Waals surface area (Å²) in [5.41, 5.74) is 2.53. The molecular formula is C13H15NO. The lowest BCUT2D eigenvalue weighted by Crippen LogP contribution is -2.37. The Balaban J connectivity index is 2.11. The van der Waals surface area contributed by atoms with E-state index in [1.807, 2.05) is 6.07 Å². The van der Waals surface area contributed by atoms with E-state index >= 15 is 0 Å². The fourth-order valence-electron chi connectivity index (χ4n) is 2.80. The van der Waals surface area contributed by atoms with Crippen LogP contribution < -0.4 is 5.32 Å². The second-order valence-corrected chi connectivity index (χ2v) is 4.48. The van der Waals surface area contributed by atoms with Crippen molar-refractivity contribution in [3.05, 3.63) is 35.4 Å². The summed E-state index contributed by atoms with van der Waals surface area (Å²) in [6.07, 6.45) is 6.63. The van der Waals surface area contributed by atoms with Crippen molar-refractivity contribution in [2.45, 2.75) is 18.3 Å². The van der Waals surface area contributed by atoms with Crippen LogP contribution in [-0.2, 0) is 5.41 Å². The maximum absolute atomic E-state index is 9.78. The van der Waals surface area contributed by atoms with Gasteiger partial charge in [0.1, 0.15) is 5.75 Å². The largest absolute Gasteiger partial charge is 0.507 e. The van der Waals surface area contributed by atoms with Crippen molar-refractivity contribution in [2.75, 3.05) is 13.1 Å². The first kappa shape index (κ1) is 8.98. The standard InChI is InChI=1S/C13H15NO/c15-12-3-1-2-11-10(12)4-5-13(11)6-8-14-9-7-13/h1-5,14-15H,6-9H2. The van der Waals surface area contributed by atoms with E-state index in [-0.39, 0.29) is 5.41 Å². The van der Waals surface area contributed by atoms with E-state index in [4.69, 9.17) is 0 Å². The number of aromatic hydroxyl groups is 1. The molecule has 0 saturated carbocycles. The van der Waals surface area contributed by atoms with Crippen molar-refractivity contribution < 1.29 is 5.11 Å². The number of fused-ring (bicyclic) bond motifs is 2. The molecule has 2 N–H and O–H groups in total. The van der Waals surface area contributed by atoms with Gasteiger partial charge in [-0.3, -0.25) is 0 Å². The Morgan fingerprint density at radius 1 is 1.20 bits per heavy atom. The average molecular weight is 201 g/mol. The van der Waals surface area contributed by atoms with Crippen molar-refractivity contribution in [1.82, 2.24) is 5.32 Å². The number of allylic oxidation sites excluding steroid dienone is 1. The van der Waals surface area contributed by atoms with Crippen LogP contribution in [0.1, 0.15) is 24.0 Å². The Morgan fingerprint density at radius 2 is 2.00 bits per heavy atom. The minimum absolute atomic E-state index is 0.194. The predicted octanol–water partition coefficient (Wildman–Crippen LogP) is 2.04. The van der Waals surface area contributed by atoms with Gasteiger partial charge in [0.2, 0.25) is 0 Å². The highest BCUT2D eigenvalue weighted by Gasteiger charge is 2.36. The molecule has 1 aromatic rings. The summed E-state index contributed by atoms with van der Waals surface area (Å²) in [6.45, 7) is 2.14. The van der Waals surface area contributed by atoms with E-state index < -0.39 is 0 Å². The van der Waals surface area contributed by atoms with E-state index in [0.29, 0.717) is 5.75 Å². The first-order chi connectivity index (χ1) is 7.32. The molecule has 78 valence electrons. The van der Waals surface area contributed by atoms with Crippen LogP contribution in [0.3, 0.4) is 0 Å². The zero-order valence-corrected chi connectivity index (χ0v) is 8.66. The van der Waals surface area contributed by atoms with Crippen LogP contribution in [0.5, 0.6) is 5.75 Å². The Kier molecular flexibility index (Phi) is 1.86. The average Bonchev–Trinajstić information content (AvgIpc) is 2.61. The monoisotopic (exact) mass is 201 g/mol. The molecule has 1 aliphatic carbocycles. The van der Waals surface area contributed by atoms with Crippen molar-refractivity contribution in [2.24, 2.45) is 0 Å². The lowest BCUT2D eigenvalue weighted by molar-refractivity contribution is 0.377. The molecule has 0 unspecified atom stereocenters. The summed E-state index contributed by atoms with van der Waals surface area (Å²) in [6, 6.07) is 5.87. The molecule has 15 heavy (non-hydrogen) atoms. The molecular weight excluding hydrogens is 186 g/mol. The predicted molar refractivity (Wildman–Crippen MR) is 60.9 cm³/mol. The van der Waals surface area contributed by atoms with Crippen molar-refractivity contribution in [3.8, 4) is 5.75 Å². The molecule has 0 amide bonds. The van der Waals surface area contributed by atoms with Gasteiger partial charge in [-0.1, -0.05) is 24.3 Å². The van der Waals surface area contributed by atoms with Crippen LogP contribution in [0.15, 0.2) is 24.3 Å². The second kappa shape index (κ2) is 3.11. The molecule has 0 atom stereocenters. The van der Waals surface area contributed by atoms with Gasteiger partial charge in [-0.25, -0.2) is 0 Å². The molecule has 1 spiro atoms. The van der Waals surface area contributed by atoms with Gasteiger partial charge in [-0.2, -0.15) is 0 Å². The number of nitrogens with one attached hydrogen (secondary N) is 1. The number of rotatable bonds is 0. The van der Waals surface area contributed by atoms with E-state index in [2.05, 4.69) is 23.5 Å². The summed E-state index contributed by atoms with van der Waals surface area (Å²) < 4.78 is 0. The molecule has 0 radical (unpaired) electrons. The van der Waals surface area contributed by atoms with Gasteiger partial charge in [-0.15, -0.1) is 0 Å². The van der Waals surface area contributed by atoms with Gasteiger partial charge in [0, 0.05) is 11.0 Å². The maximum Gasteiger partial charge on any atom is 0.123 e. The third-order valence-corrected chi connectivity index (χ3v) is 3.68. The zero-order chi connectivity index (χ0) is 10.3. The fraction of sp³-hybridized carbons (Fsp3) is 0.385. The quantitative estimate of drug-likeness (QED) is 0.673. The molecule has 0 bridgehead atoms. The van der Waals surface area contributed by atoms with Crippen LogP contribution in [0.25, 0.3) is 6.08 Å². The summed E-state index contributed by atoms with van der Waals surface area (Å²) in [5, 5.41) is 13.2. The molecule has 1 saturated heterocycles.